The molecule has 0 saturated carbocycles. The maximum absolute atomic E-state index is 9.54. The molecule has 1 atom stereocenters. The van der Waals surface area contributed by atoms with Crippen molar-refractivity contribution in [1.82, 2.24) is 0 Å². The summed E-state index contributed by atoms with van der Waals surface area (Å²) in [5.41, 5.74) is 6.52. The molecule has 1 aromatic carbocycles. The van der Waals surface area contributed by atoms with E-state index in [4.69, 9.17) is 15.2 Å². The van der Waals surface area contributed by atoms with E-state index in [1.165, 1.54) is 0 Å². The van der Waals surface area contributed by atoms with Gasteiger partial charge in [0, 0.05) is 11.6 Å². The van der Waals surface area contributed by atoms with Crippen LogP contribution >= 0.6 is 0 Å². The Bertz CT molecular complexity index is 365. The molecule has 82 valence electrons. The standard InChI is InChI=1S/C11H15NO3/c1-7(6-12)9-4-8(13)5-10-11(9)15-3-2-14-10/h4-5,7,13H,2-3,6,12H2,1H3. The largest absolute Gasteiger partial charge is 0.508 e. The number of hydrogen-bond donors (Lipinski definition) is 2. The first-order chi connectivity index (χ1) is 7.22. The zero-order chi connectivity index (χ0) is 10.8. The van der Waals surface area contributed by atoms with Crippen molar-refractivity contribution in [3.05, 3.63) is 17.7 Å². The number of fused-ring (bicyclic) bond motifs is 1. The average molecular weight is 209 g/mol. The number of rotatable bonds is 2. The molecule has 0 aromatic heterocycles. The maximum atomic E-state index is 9.54. The van der Waals surface area contributed by atoms with Crippen LogP contribution in [0, 0.1) is 0 Å². The van der Waals surface area contributed by atoms with Crippen LogP contribution in [-0.4, -0.2) is 24.9 Å². The quantitative estimate of drug-likeness (QED) is 0.768. The Morgan fingerprint density at radius 1 is 1.40 bits per heavy atom. The van der Waals surface area contributed by atoms with Crippen molar-refractivity contribution >= 4 is 0 Å². The van der Waals surface area contributed by atoms with Crippen LogP contribution in [0.3, 0.4) is 0 Å². The van der Waals surface area contributed by atoms with E-state index in [9.17, 15) is 5.11 Å². The van der Waals surface area contributed by atoms with Crippen LogP contribution in [0.2, 0.25) is 0 Å². The smallest absolute Gasteiger partial charge is 0.165 e. The van der Waals surface area contributed by atoms with Crippen LogP contribution in [0.1, 0.15) is 18.4 Å². The number of hydrogen-bond acceptors (Lipinski definition) is 4. The highest BCUT2D eigenvalue weighted by Crippen LogP contribution is 2.40. The molecule has 2 rings (SSSR count). The normalized spacial score (nSPS) is 16.1. The van der Waals surface area contributed by atoms with Crippen LogP contribution < -0.4 is 15.2 Å². The van der Waals surface area contributed by atoms with Gasteiger partial charge in [0.05, 0.1) is 0 Å². The Balaban J connectivity index is 2.47. The third-order valence-corrected chi connectivity index (χ3v) is 2.54. The van der Waals surface area contributed by atoms with Crippen molar-refractivity contribution in [2.75, 3.05) is 19.8 Å². The summed E-state index contributed by atoms with van der Waals surface area (Å²) in [5, 5.41) is 9.54. The summed E-state index contributed by atoms with van der Waals surface area (Å²) >= 11 is 0. The summed E-state index contributed by atoms with van der Waals surface area (Å²) in [4.78, 5) is 0. The van der Waals surface area contributed by atoms with Gasteiger partial charge in [-0.3, -0.25) is 0 Å². The summed E-state index contributed by atoms with van der Waals surface area (Å²) in [7, 11) is 0. The minimum atomic E-state index is 0.146. The van der Waals surface area contributed by atoms with Gasteiger partial charge >= 0.3 is 0 Å². The van der Waals surface area contributed by atoms with Crippen LogP contribution in [-0.2, 0) is 0 Å². The first-order valence-corrected chi connectivity index (χ1v) is 5.05. The molecule has 1 aromatic rings. The fourth-order valence-corrected chi connectivity index (χ4v) is 1.66. The zero-order valence-corrected chi connectivity index (χ0v) is 8.69. The van der Waals surface area contributed by atoms with Gasteiger partial charge in [-0.25, -0.2) is 0 Å². The maximum Gasteiger partial charge on any atom is 0.165 e. The molecule has 4 nitrogen and oxygen atoms in total. The van der Waals surface area contributed by atoms with Crippen LogP contribution in [0.5, 0.6) is 17.2 Å². The molecule has 0 bridgehead atoms. The Morgan fingerprint density at radius 3 is 2.87 bits per heavy atom. The molecule has 0 aliphatic carbocycles. The topological polar surface area (TPSA) is 64.7 Å². The molecule has 0 spiro atoms. The average Bonchev–Trinajstić information content (AvgIpc) is 2.26. The lowest BCUT2D eigenvalue weighted by Gasteiger charge is -2.23. The first kappa shape index (κ1) is 10.1. The van der Waals surface area contributed by atoms with Gasteiger partial charge in [0.15, 0.2) is 11.5 Å². The lowest BCUT2D eigenvalue weighted by atomic mass is 9.99. The van der Waals surface area contributed by atoms with E-state index in [1.807, 2.05) is 6.92 Å². The van der Waals surface area contributed by atoms with E-state index in [-0.39, 0.29) is 11.7 Å². The lowest BCUT2D eigenvalue weighted by Crippen LogP contribution is -2.18. The molecule has 0 amide bonds. The second kappa shape index (κ2) is 3.98. The number of nitrogens with two attached hydrogens (primary N) is 1. The predicted octanol–water partition coefficient (Wildman–Crippen LogP) is 1.23. The van der Waals surface area contributed by atoms with E-state index in [0.717, 1.165) is 11.3 Å². The zero-order valence-electron chi connectivity index (χ0n) is 8.69. The van der Waals surface area contributed by atoms with Crippen molar-refractivity contribution in [3.8, 4) is 17.2 Å². The molecular weight excluding hydrogens is 194 g/mol. The Morgan fingerprint density at radius 2 is 2.13 bits per heavy atom. The summed E-state index contributed by atoms with van der Waals surface area (Å²) in [5.74, 6) is 1.66. The van der Waals surface area contributed by atoms with Gasteiger partial charge in [-0.15, -0.1) is 0 Å². The molecular formula is C11H15NO3. The Kier molecular flexibility index (Phi) is 2.68. The minimum absolute atomic E-state index is 0.146. The molecule has 0 radical (unpaired) electrons. The molecule has 1 heterocycles. The number of benzene rings is 1. The van der Waals surface area contributed by atoms with Crippen LogP contribution in [0.15, 0.2) is 12.1 Å². The van der Waals surface area contributed by atoms with E-state index in [0.29, 0.717) is 25.5 Å². The second-order valence-corrected chi connectivity index (χ2v) is 3.70. The number of phenols is 1. The van der Waals surface area contributed by atoms with Gasteiger partial charge in [0.2, 0.25) is 0 Å². The molecule has 0 saturated heterocycles. The highest BCUT2D eigenvalue weighted by atomic mass is 16.6. The monoisotopic (exact) mass is 209 g/mol. The van der Waals surface area contributed by atoms with Crippen molar-refractivity contribution in [2.45, 2.75) is 12.8 Å². The predicted molar refractivity (Wildman–Crippen MR) is 56.6 cm³/mol. The molecule has 15 heavy (non-hydrogen) atoms. The minimum Gasteiger partial charge on any atom is -0.508 e. The molecule has 1 aliphatic rings. The van der Waals surface area contributed by atoms with E-state index < -0.39 is 0 Å². The Labute approximate surface area is 88.6 Å². The third kappa shape index (κ3) is 1.85. The van der Waals surface area contributed by atoms with Crippen molar-refractivity contribution in [2.24, 2.45) is 5.73 Å². The van der Waals surface area contributed by atoms with Gasteiger partial charge < -0.3 is 20.3 Å². The summed E-state index contributed by atoms with van der Waals surface area (Å²) in [6.45, 7) is 3.57. The number of phenolic OH excluding ortho intramolecular Hbond substituents is 1. The molecule has 0 fully saturated rings. The second-order valence-electron chi connectivity index (χ2n) is 3.70. The lowest BCUT2D eigenvalue weighted by molar-refractivity contribution is 0.168. The highest BCUT2D eigenvalue weighted by Gasteiger charge is 2.20. The van der Waals surface area contributed by atoms with Crippen LogP contribution in [0.4, 0.5) is 0 Å². The Hall–Kier alpha value is -1.42. The van der Waals surface area contributed by atoms with Crippen molar-refractivity contribution < 1.29 is 14.6 Å². The van der Waals surface area contributed by atoms with E-state index >= 15 is 0 Å². The van der Waals surface area contributed by atoms with Gasteiger partial charge in [0.25, 0.3) is 0 Å². The number of ether oxygens (including phenoxy) is 2. The van der Waals surface area contributed by atoms with E-state index in [1.54, 1.807) is 12.1 Å². The van der Waals surface area contributed by atoms with E-state index in [2.05, 4.69) is 0 Å². The van der Waals surface area contributed by atoms with Gasteiger partial charge in [-0.1, -0.05) is 6.92 Å². The summed E-state index contributed by atoms with van der Waals surface area (Å²) in [6, 6.07) is 3.26. The SMILES string of the molecule is CC(CN)c1cc(O)cc2c1OCCO2. The fraction of sp³-hybridized carbons (Fsp3) is 0.455. The highest BCUT2D eigenvalue weighted by molar-refractivity contribution is 5.53. The van der Waals surface area contributed by atoms with Crippen molar-refractivity contribution in [1.29, 1.82) is 0 Å². The van der Waals surface area contributed by atoms with Crippen molar-refractivity contribution in [3.63, 3.8) is 0 Å². The summed E-state index contributed by atoms with van der Waals surface area (Å²) < 4.78 is 11.0. The molecule has 1 unspecified atom stereocenters. The van der Waals surface area contributed by atoms with Gasteiger partial charge in [-0.05, 0) is 18.5 Å². The summed E-state index contributed by atoms with van der Waals surface area (Å²) in [6.07, 6.45) is 0. The molecule has 4 heteroatoms. The molecule has 3 N–H and O–H groups in total. The fourth-order valence-electron chi connectivity index (χ4n) is 1.66. The first-order valence-electron chi connectivity index (χ1n) is 5.05. The van der Waals surface area contributed by atoms with Gasteiger partial charge in [0.1, 0.15) is 19.0 Å². The third-order valence-electron chi connectivity index (χ3n) is 2.54. The molecule has 1 aliphatic heterocycles. The van der Waals surface area contributed by atoms with Gasteiger partial charge in [-0.2, -0.15) is 0 Å². The number of aromatic hydroxyl groups is 1. The van der Waals surface area contributed by atoms with Crippen LogP contribution in [0.25, 0.3) is 0 Å².